The molecule has 0 aliphatic heterocycles. The SMILES string of the molecule is O=C(NCCCCCCBr)c1cc(Br)c(Br)s1. The Balaban J connectivity index is 2.21. The van der Waals surface area contributed by atoms with Gasteiger partial charge in [-0.3, -0.25) is 4.79 Å². The number of alkyl halides is 1. The van der Waals surface area contributed by atoms with E-state index in [2.05, 4.69) is 53.1 Å². The third-order valence-electron chi connectivity index (χ3n) is 2.21. The lowest BCUT2D eigenvalue weighted by Crippen LogP contribution is -2.23. The summed E-state index contributed by atoms with van der Waals surface area (Å²) in [5.41, 5.74) is 0. The maximum Gasteiger partial charge on any atom is 0.261 e. The van der Waals surface area contributed by atoms with Gasteiger partial charge in [0.1, 0.15) is 0 Å². The largest absolute Gasteiger partial charge is 0.351 e. The van der Waals surface area contributed by atoms with Crippen molar-refractivity contribution < 1.29 is 4.79 Å². The number of unbranched alkanes of at least 4 members (excludes halogenated alkanes) is 3. The van der Waals surface area contributed by atoms with E-state index in [0.29, 0.717) is 0 Å². The zero-order chi connectivity index (χ0) is 12.7. The lowest BCUT2D eigenvalue weighted by Gasteiger charge is -2.02. The van der Waals surface area contributed by atoms with Crippen LogP contribution in [0.25, 0.3) is 0 Å². The Bertz CT molecular complexity index is 348. The van der Waals surface area contributed by atoms with Crippen LogP contribution in [0.4, 0.5) is 0 Å². The van der Waals surface area contributed by atoms with Crippen LogP contribution in [0.5, 0.6) is 0 Å². The molecule has 0 spiro atoms. The molecular formula is C11H14Br3NOS. The van der Waals surface area contributed by atoms with Gasteiger partial charge in [-0.25, -0.2) is 0 Å². The first-order valence-corrected chi connectivity index (χ1v) is 8.96. The third-order valence-corrected chi connectivity index (χ3v) is 6.03. The van der Waals surface area contributed by atoms with Gasteiger partial charge in [-0.15, -0.1) is 11.3 Å². The van der Waals surface area contributed by atoms with E-state index in [1.54, 1.807) is 0 Å². The second-order valence-electron chi connectivity index (χ2n) is 3.59. The fourth-order valence-corrected chi connectivity index (χ4v) is 3.67. The molecule has 1 aromatic rings. The van der Waals surface area contributed by atoms with Crippen molar-refractivity contribution in [1.29, 1.82) is 0 Å². The molecule has 1 N–H and O–H groups in total. The van der Waals surface area contributed by atoms with E-state index < -0.39 is 0 Å². The van der Waals surface area contributed by atoms with Crippen molar-refractivity contribution in [3.63, 3.8) is 0 Å². The van der Waals surface area contributed by atoms with Gasteiger partial charge in [0.25, 0.3) is 5.91 Å². The summed E-state index contributed by atoms with van der Waals surface area (Å²) in [4.78, 5) is 12.5. The molecule has 6 heteroatoms. The molecule has 0 atom stereocenters. The van der Waals surface area contributed by atoms with E-state index in [1.807, 2.05) is 6.07 Å². The van der Waals surface area contributed by atoms with E-state index in [0.717, 1.165) is 31.4 Å². The average molecular weight is 448 g/mol. The summed E-state index contributed by atoms with van der Waals surface area (Å²) in [7, 11) is 0. The summed E-state index contributed by atoms with van der Waals surface area (Å²) in [6.07, 6.45) is 4.64. The second-order valence-corrected chi connectivity index (χ2v) is 7.61. The van der Waals surface area contributed by atoms with Gasteiger partial charge in [0.05, 0.1) is 8.66 Å². The highest BCUT2D eigenvalue weighted by Gasteiger charge is 2.10. The van der Waals surface area contributed by atoms with Crippen molar-refractivity contribution in [3.05, 3.63) is 19.2 Å². The first kappa shape index (κ1) is 15.7. The van der Waals surface area contributed by atoms with Gasteiger partial charge >= 0.3 is 0 Å². The molecule has 1 heterocycles. The summed E-state index contributed by atoms with van der Waals surface area (Å²) in [6, 6.07) is 1.84. The van der Waals surface area contributed by atoms with Crippen molar-refractivity contribution in [2.45, 2.75) is 25.7 Å². The standard InChI is InChI=1S/C11H14Br3NOS/c12-5-3-1-2-4-6-15-11(16)9-7-8(13)10(14)17-9/h7H,1-6H2,(H,15,16). The van der Waals surface area contributed by atoms with Gasteiger partial charge < -0.3 is 5.32 Å². The topological polar surface area (TPSA) is 29.1 Å². The molecule has 0 radical (unpaired) electrons. The number of rotatable bonds is 7. The molecule has 0 aliphatic carbocycles. The normalized spacial score (nSPS) is 10.5. The van der Waals surface area contributed by atoms with E-state index in [-0.39, 0.29) is 5.91 Å². The maximum absolute atomic E-state index is 11.7. The van der Waals surface area contributed by atoms with Crippen molar-refractivity contribution in [2.75, 3.05) is 11.9 Å². The van der Waals surface area contributed by atoms with Crippen LogP contribution < -0.4 is 5.32 Å². The zero-order valence-electron chi connectivity index (χ0n) is 9.27. The minimum Gasteiger partial charge on any atom is -0.351 e. The zero-order valence-corrected chi connectivity index (χ0v) is 14.8. The number of amides is 1. The highest BCUT2D eigenvalue weighted by atomic mass is 79.9. The third kappa shape index (κ3) is 5.85. The van der Waals surface area contributed by atoms with Gasteiger partial charge in [0.2, 0.25) is 0 Å². The van der Waals surface area contributed by atoms with E-state index in [9.17, 15) is 4.79 Å². The summed E-state index contributed by atoms with van der Waals surface area (Å²) in [5.74, 6) is 0.0156. The number of nitrogens with one attached hydrogen (secondary N) is 1. The predicted molar refractivity (Wildman–Crippen MR) is 84.3 cm³/mol. The molecule has 1 rings (SSSR count). The summed E-state index contributed by atoms with van der Waals surface area (Å²) < 4.78 is 1.89. The monoisotopic (exact) mass is 445 g/mol. The molecule has 0 saturated carbocycles. The summed E-state index contributed by atoms with van der Waals surface area (Å²) >= 11 is 11.6. The fraction of sp³-hybridized carbons (Fsp3) is 0.545. The summed E-state index contributed by atoms with van der Waals surface area (Å²) in [5, 5.41) is 4.00. The molecule has 1 aromatic heterocycles. The average Bonchev–Trinajstić information content (AvgIpc) is 2.64. The smallest absolute Gasteiger partial charge is 0.261 e. The van der Waals surface area contributed by atoms with Crippen LogP contribution in [-0.2, 0) is 0 Å². The van der Waals surface area contributed by atoms with Crippen LogP contribution in [0.3, 0.4) is 0 Å². The molecule has 0 unspecified atom stereocenters. The number of thiophene rings is 1. The highest BCUT2D eigenvalue weighted by molar-refractivity contribution is 9.13. The van der Waals surface area contributed by atoms with Crippen LogP contribution in [0.2, 0.25) is 0 Å². The Morgan fingerprint density at radius 3 is 2.53 bits per heavy atom. The molecule has 0 fully saturated rings. The molecule has 1 amide bonds. The summed E-state index contributed by atoms with van der Waals surface area (Å²) in [6.45, 7) is 0.758. The van der Waals surface area contributed by atoms with Crippen LogP contribution in [0.1, 0.15) is 35.4 Å². The minimum atomic E-state index is 0.0156. The Hall–Kier alpha value is 0.610. The molecule has 17 heavy (non-hydrogen) atoms. The molecule has 0 bridgehead atoms. The van der Waals surface area contributed by atoms with Gasteiger partial charge in [-0.2, -0.15) is 0 Å². The van der Waals surface area contributed by atoms with Crippen LogP contribution in [0.15, 0.2) is 14.3 Å². The minimum absolute atomic E-state index is 0.0156. The van der Waals surface area contributed by atoms with Gasteiger partial charge in [0, 0.05) is 16.3 Å². The van der Waals surface area contributed by atoms with Crippen LogP contribution >= 0.6 is 59.1 Å². The van der Waals surface area contributed by atoms with Gasteiger partial charge in [-0.05, 0) is 50.8 Å². The van der Waals surface area contributed by atoms with Crippen LogP contribution in [-0.4, -0.2) is 17.8 Å². The number of hydrogen-bond donors (Lipinski definition) is 1. The molecular weight excluding hydrogens is 434 g/mol. The van der Waals surface area contributed by atoms with Gasteiger partial charge in [-0.1, -0.05) is 28.8 Å². The Kier molecular flexibility index (Phi) is 7.99. The van der Waals surface area contributed by atoms with Crippen molar-refractivity contribution in [3.8, 4) is 0 Å². The van der Waals surface area contributed by atoms with Gasteiger partial charge in [0.15, 0.2) is 0 Å². The maximum atomic E-state index is 11.7. The molecule has 0 saturated heterocycles. The number of hydrogen-bond acceptors (Lipinski definition) is 2. The van der Waals surface area contributed by atoms with Crippen LogP contribution in [0, 0.1) is 0 Å². The molecule has 0 aromatic carbocycles. The molecule has 2 nitrogen and oxygen atoms in total. The Morgan fingerprint density at radius 1 is 1.24 bits per heavy atom. The van der Waals surface area contributed by atoms with E-state index in [1.165, 1.54) is 30.6 Å². The van der Waals surface area contributed by atoms with Crippen molar-refractivity contribution in [1.82, 2.24) is 5.32 Å². The second kappa shape index (κ2) is 8.67. The van der Waals surface area contributed by atoms with Crippen molar-refractivity contribution in [2.24, 2.45) is 0 Å². The number of halogens is 3. The van der Waals surface area contributed by atoms with E-state index in [4.69, 9.17) is 0 Å². The Morgan fingerprint density at radius 2 is 1.94 bits per heavy atom. The first-order valence-electron chi connectivity index (χ1n) is 5.44. The van der Waals surface area contributed by atoms with E-state index >= 15 is 0 Å². The molecule has 96 valence electrons. The first-order chi connectivity index (χ1) is 8.15. The number of carbonyl (C=O) groups excluding carboxylic acids is 1. The predicted octanol–water partition coefficient (Wildman–Crippen LogP) is 4.96. The molecule has 0 aliphatic rings. The Labute approximate surface area is 131 Å². The lowest BCUT2D eigenvalue weighted by atomic mass is 10.2. The lowest BCUT2D eigenvalue weighted by molar-refractivity contribution is 0.0957. The number of carbonyl (C=O) groups is 1. The quantitative estimate of drug-likeness (QED) is 0.464. The highest BCUT2D eigenvalue weighted by Crippen LogP contribution is 2.32. The fourth-order valence-electron chi connectivity index (χ4n) is 1.32. The van der Waals surface area contributed by atoms with Crippen molar-refractivity contribution >= 4 is 65.0 Å².